The Morgan fingerprint density at radius 2 is 1.79 bits per heavy atom. The molecule has 0 atom stereocenters. The number of likely N-dealkylation sites (N-methyl/N-ethyl adjacent to an activating group) is 1. The molecule has 0 saturated heterocycles. The Labute approximate surface area is 248 Å². The number of halogens is 4. The van der Waals surface area contributed by atoms with Crippen molar-refractivity contribution in [2.75, 3.05) is 25.4 Å². The molecule has 0 aliphatic rings. The van der Waals surface area contributed by atoms with Gasteiger partial charge in [0.25, 0.3) is 10.0 Å². The summed E-state index contributed by atoms with van der Waals surface area (Å²) >= 11 is 6.91. The molecule has 0 spiro atoms. The van der Waals surface area contributed by atoms with E-state index >= 15 is 0 Å². The predicted octanol–water partition coefficient (Wildman–Crippen LogP) is 4.96. The monoisotopic (exact) mass is 646 g/mol. The Balaban J connectivity index is 0.000000616. The number of carbonyl (C=O) groups is 2. The molecular weight excluding hydrogens is 621 g/mol. The van der Waals surface area contributed by atoms with Crippen LogP contribution in [0.3, 0.4) is 0 Å². The number of carboxylic acids is 1. The van der Waals surface area contributed by atoms with Gasteiger partial charge in [-0.05, 0) is 48.9 Å². The minimum atomic E-state index is -5.08. The van der Waals surface area contributed by atoms with Gasteiger partial charge < -0.3 is 15.2 Å². The summed E-state index contributed by atoms with van der Waals surface area (Å²) in [4.78, 5) is 20.8. The van der Waals surface area contributed by atoms with Crippen molar-refractivity contribution in [3.05, 3.63) is 70.1 Å². The molecule has 0 bridgehead atoms. The fourth-order valence-corrected chi connectivity index (χ4v) is 6.30. The highest BCUT2D eigenvalue weighted by Crippen LogP contribution is 2.35. The molecule has 0 fully saturated rings. The number of benzene rings is 2. The smallest absolute Gasteiger partial charge is 0.490 e. The van der Waals surface area contributed by atoms with Gasteiger partial charge in [-0.15, -0.1) is 11.3 Å². The van der Waals surface area contributed by atoms with Crippen LogP contribution in [-0.2, 0) is 32.6 Å². The predicted molar refractivity (Wildman–Crippen MR) is 153 cm³/mol. The van der Waals surface area contributed by atoms with E-state index in [0.717, 1.165) is 28.0 Å². The zero-order valence-corrected chi connectivity index (χ0v) is 24.6. The van der Waals surface area contributed by atoms with Crippen LogP contribution in [0.1, 0.15) is 17.5 Å². The molecule has 0 aliphatic heterocycles. The number of fused-ring (bicyclic) bond motifs is 1. The van der Waals surface area contributed by atoms with E-state index in [9.17, 15) is 26.4 Å². The molecule has 226 valence electrons. The van der Waals surface area contributed by atoms with Gasteiger partial charge in [0.05, 0.1) is 35.4 Å². The normalized spacial score (nSPS) is 11.6. The quantitative estimate of drug-likeness (QED) is 0.208. The highest BCUT2D eigenvalue weighted by Gasteiger charge is 2.38. The number of hydrogen-bond acceptors (Lipinski definition) is 8. The van der Waals surface area contributed by atoms with Crippen LogP contribution in [0.25, 0.3) is 10.9 Å². The number of nitrogens with one attached hydrogen (secondary N) is 2. The number of rotatable bonds is 11. The first-order chi connectivity index (χ1) is 19.7. The molecule has 16 heteroatoms. The van der Waals surface area contributed by atoms with Crippen molar-refractivity contribution in [2.24, 2.45) is 0 Å². The molecule has 2 heterocycles. The summed E-state index contributed by atoms with van der Waals surface area (Å²) in [5, 5.41) is 15.2. The lowest BCUT2D eigenvalue weighted by Crippen LogP contribution is -2.21. The number of hydrogen-bond donors (Lipinski definition) is 3. The van der Waals surface area contributed by atoms with Crippen molar-refractivity contribution >= 4 is 61.4 Å². The number of alkyl halides is 3. The number of aryl methyl sites for hydroxylation is 1. The standard InChI is InChI=1S/C24H25ClN4O4S2.C2HF3O2/c1-26-14-18(30)10-9-16-5-3-6-17(13-16)15-29-19-7-4-8-20(33-2)23(19)24(27-29)28-35(31,32)22-12-11-21(25)34-22;3-2(4,5)1(6)7/h3-8,11-13,26H,9-10,14-15H2,1-2H3,(H,27,28);(H,6,7). The molecule has 0 unspecified atom stereocenters. The molecule has 0 saturated carbocycles. The Kier molecular flexibility index (Phi) is 11.0. The summed E-state index contributed by atoms with van der Waals surface area (Å²) in [6.07, 6.45) is -3.97. The molecule has 0 radical (unpaired) electrons. The van der Waals surface area contributed by atoms with Crippen molar-refractivity contribution in [3.63, 3.8) is 0 Å². The maximum Gasteiger partial charge on any atom is 0.490 e. The van der Waals surface area contributed by atoms with Crippen molar-refractivity contribution in [1.29, 1.82) is 0 Å². The van der Waals surface area contributed by atoms with E-state index in [4.69, 9.17) is 26.2 Å². The van der Waals surface area contributed by atoms with Crippen LogP contribution in [0.15, 0.2) is 58.8 Å². The molecule has 4 aromatic rings. The van der Waals surface area contributed by atoms with Gasteiger partial charge in [-0.25, -0.2) is 13.2 Å². The summed E-state index contributed by atoms with van der Waals surface area (Å²) in [6, 6.07) is 16.4. The maximum atomic E-state index is 13.0. The first-order valence-electron chi connectivity index (χ1n) is 12.1. The number of ketones is 1. The minimum absolute atomic E-state index is 0.0978. The average molecular weight is 647 g/mol. The summed E-state index contributed by atoms with van der Waals surface area (Å²) in [5.74, 6) is -1.91. The van der Waals surface area contributed by atoms with E-state index in [1.54, 1.807) is 17.8 Å². The summed E-state index contributed by atoms with van der Waals surface area (Å²) < 4.78 is 68.0. The third-order valence-corrected chi connectivity index (χ3v) is 8.70. The van der Waals surface area contributed by atoms with Gasteiger partial charge in [-0.2, -0.15) is 18.3 Å². The molecule has 0 amide bonds. The van der Waals surface area contributed by atoms with Gasteiger partial charge >= 0.3 is 12.1 Å². The third kappa shape index (κ3) is 8.67. The lowest BCUT2D eigenvalue weighted by molar-refractivity contribution is -0.192. The minimum Gasteiger partial charge on any atom is -0.496 e. The molecule has 2 aromatic heterocycles. The summed E-state index contributed by atoms with van der Waals surface area (Å²) in [7, 11) is -0.594. The summed E-state index contributed by atoms with van der Waals surface area (Å²) in [6.45, 7) is 0.770. The molecule has 42 heavy (non-hydrogen) atoms. The van der Waals surface area contributed by atoms with Crippen molar-refractivity contribution < 1.29 is 41.0 Å². The number of sulfonamides is 1. The van der Waals surface area contributed by atoms with Gasteiger partial charge in [0.1, 0.15) is 15.7 Å². The van der Waals surface area contributed by atoms with Crippen molar-refractivity contribution in [1.82, 2.24) is 15.1 Å². The number of aromatic nitrogens is 2. The molecule has 0 aliphatic carbocycles. The lowest BCUT2D eigenvalue weighted by Gasteiger charge is -2.07. The first kappa shape index (κ1) is 32.8. The zero-order valence-electron chi connectivity index (χ0n) is 22.2. The van der Waals surface area contributed by atoms with E-state index in [1.807, 2.05) is 36.4 Å². The van der Waals surface area contributed by atoms with Crippen molar-refractivity contribution in [3.8, 4) is 5.75 Å². The fourth-order valence-electron chi connectivity index (χ4n) is 3.80. The number of methoxy groups -OCH3 is 1. The number of carboxylic acid groups (broad SMARTS) is 1. The van der Waals surface area contributed by atoms with Crippen LogP contribution in [0, 0.1) is 0 Å². The van der Waals surface area contributed by atoms with Crippen LogP contribution < -0.4 is 14.8 Å². The second-order valence-electron chi connectivity index (χ2n) is 8.72. The number of nitrogens with zero attached hydrogens (tertiary/aromatic N) is 2. The molecule has 3 N–H and O–H groups in total. The highest BCUT2D eigenvalue weighted by atomic mass is 35.5. The van der Waals surface area contributed by atoms with Crippen LogP contribution in [-0.4, -0.2) is 61.9 Å². The second kappa shape index (κ2) is 14.0. The Bertz CT molecular complexity index is 1670. The SMILES string of the molecule is CNCC(=O)CCc1cccc(Cn2nc(NS(=O)(=O)c3ccc(Cl)s3)c3c(OC)cccc32)c1.O=C(O)C(F)(F)F. The number of ether oxygens (including phenoxy) is 1. The van der Waals surface area contributed by atoms with E-state index in [-0.39, 0.29) is 15.8 Å². The lowest BCUT2D eigenvalue weighted by atomic mass is 10.0. The Morgan fingerprint density at radius 1 is 1.12 bits per heavy atom. The van der Waals surface area contributed by atoms with E-state index in [1.165, 1.54) is 19.2 Å². The molecule has 2 aromatic carbocycles. The van der Waals surface area contributed by atoms with Gasteiger partial charge in [-0.3, -0.25) is 14.2 Å². The number of carbonyl (C=O) groups excluding carboxylic acids is 1. The van der Waals surface area contributed by atoms with Gasteiger partial charge in [0.2, 0.25) is 0 Å². The molecular formula is C26H26ClF3N4O6S2. The number of anilines is 1. The Hall–Kier alpha value is -3.66. The number of thiophene rings is 1. The third-order valence-electron chi connectivity index (χ3n) is 5.64. The average Bonchev–Trinajstić information content (AvgIpc) is 3.51. The topological polar surface area (TPSA) is 140 Å². The molecule has 4 rings (SSSR count). The number of aliphatic carboxylic acids is 1. The van der Waals surface area contributed by atoms with Crippen LogP contribution >= 0.6 is 22.9 Å². The number of Topliss-reactive ketones (excluding diaryl/α,β-unsaturated/α-hetero) is 1. The van der Waals surface area contributed by atoms with Crippen LogP contribution in [0.5, 0.6) is 5.75 Å². The zero-order chi connectivity index (χ0) is 31.1. The van der Waals surface area contributed by atoms with Crippen LogP contribution in [0.2, 0.25) is 4.34 Å². The maximum absolute atomic E-state index is 13.0. The van der Waals surface area contributed by atoms with Gasteiger partial charge in [-0.1, -0.05) is 41.9 Å². The van der Waals surface area contributed by atoms with Gasteiger partial charge in [0.15, 0.2) is 5.82 Å². The van der Waals surface area contributed by atoms with E-state index in [0.29, 0.717) is 41.4 Å². The summed E-state index contributed by atoms with van der Waals surface area (Å²) in [5.41, 5.74) is 2.76. The largest absolute Gasteiger partial charge is 0.496 e. The second-order valence-corrected chi connectivity index (χ2v) is 12.3. The van der Waals surface area contributed by atoms with Crippen molar-refractivity contribution in [2.45, 2.75) is 29.8 Å². The highest BCUT2D eigenvalue weighted by molar-refractivity contribution is 7.94. The van der Waals surface area contributed by atoms with E-state index < -0.39 is 22.2 Å². The first-order valence-corrected chi connectivity index (χ1v) is 14.8. The van der Waals surface area contributed by atoms with Gasteiger partial charge in [0, 0.05) is 6.42 Å². The fraction of sp³-hybridized carbons (Fsp3) is 0.269. The Morgan fingerprint density at radius 3 is 2.38 bits per heavy atom. The van der Waals surface area contributed by atoms with Crippen LogP contribution in [0.4, 0.5) is 19.0 Å². The van der Waals surface area contributed by atoms with E-state index in [2.05, 4.69) is 15.1 Å². The molecule has 10 nitrogen and oxygen atoms in total.